The van der Waals surface area contributed by atoms with Crippen LogP contribution >= 0.6 is 0 Å². The zero-order chi connectivity index (χ0) is 25.4. The molecule has 0 spiro atoms. The van der Waals surface area contributed by atoms with Gasteiger partial charge >= 0.3 is 0 Å². The molecule has 2 aliphatic rings. The Balaban J connectivity index is 1.24. The molecule has 0 aliphatic carbocycles. The SMILES string of the molecule is O=C1CCCN1c1ccc(Nc2nc3cccc(-c4cc(F)c(CN5CCOCC5)c(F)c4)c3o2)cc1. The summed E-state index contributed by atoms with van der Waals surface area (Å²) in [7, 11) is 0. The van der Waals surface area contributed by atoms with Gasteiger partial charge in [0.05, 0.1) is 13.2 Å². The standard InChI is InChI=1S/C28H26F2N4O3/c29-23-15-18(16-24(30)22(23)17-33-11-13-36-14-12-33)21-3-1-4-25-27(21)37-28(32-25)31-19-6-8-20(9-7-19)34-10-2-5-26(34)35/h1,3-4,6-9,15-16H,2,5,10-14,17H2,(H,31,32). The van der Waals surface area contributed by atoms with Gasteiger partial charge in [0.1, 0.15) is 17.2 Å². The summed E-state index contributed by atoms with van der Waals surface area (Å²) < 4.78 is 41.4. The summed E-state index contributed by atoms with van der Waals surface area (Å²) in [6.07, 6.45) is 1.45. The first-order valence-electron chi connectivity index (χ1n) is 12.4. The molecule has 2 aliphatic heterocycles. The zero-order valence-corrected chi connectivity index (χ0v) is 20.2. The second-order valence-corrected chi connectivity index (χ2v) is 9.30. The molecule has 4 aromatic rings. The molecule has 3 heterocycles. The fourth-order valence-corrected chi connectivity index (χ4v) is 4.89. The molecule has 1 aromatic heterocycles. The number of carbonyl (C=O) groups excluding carboxylic acids is 1. The molecule has 190 valence electrons. The summed E-state index contributed by atoms with van der Waals surface area (Å²) in [5.41, 5.74) is 3.59. The maximum atomic E-state index is 15.0. The molecule has 1 amide bonds. The number of anilines is 3. The summed E-state index contributed by atoms with van der Waals surface area (Å²) in [6, 6.07) is 15.8. The Labute approximate surface area is 212 Å². The Morgan fingerprint density at radius 2 is 1.73 bits per heavy atom. The van der Waals surface area contributed by atoms with Crippen molar-refractivity contribution in [2.24, 2.45) is 0 Å². The van der Waals surface area contributed by atoms with Crippen molar-refractivity contribution in [3.63, 3.8) is 0 Å². The lowest BCUT2D eigenvalue weighted by atomic mass is 10.0. The smallest absolute Gasteiger partial charge is 0.300 e. The normalized spacial score (nSPS) is 16.6. The van der Waals surface area contributed by atoms with Crippen molar-refractivity contribution in [2.75, 3.05) is 43.1 Å². The van der Waals surface area contributed by atoms with Crippen LogP contribution in [0, 0.1) is 11.6 Å². The van der Waals surface area contributed by atoms with Crippen LogP contribution in [-0.2, 0) is 16.1 Å². The maximum absolute atomic E-state index is 15.0. The van der Waals surface area contributed by atoms with Gasteiger partial charge in [-0.15, -0.1) is 0 Å². The molecule has 2 fully saturated rings. The Hall–Kier alpha value is -3.82. The van der Waals surface area contributed by atoms with Crippen LogP contribution in [0.2, 0.25) is 0 Å². The second-order valence-electron chi connectivity index (χ2n) is 9.30. The number of halogens is 2. The van der Waals surface area contributed by atoms with Crippen LogP contribution in [0.4, 0.5) is 26.2 Å². The second kappa shape index (κ2) is 9.91. The predicted molar refractivity (Wildman–Crippen MR) is 137 cm³/mol. The third-order valence-electron chi connectivity index (χ3n) is 6.86. The molecule has 37 heavy (non-hydrogen) atoms. The van der Waals surface area contributed by atoms with E-state index < -0.39 is 11.6 Å². The van der Waals surface area contributed by atoms with Gasteiger partial charge in [0.2, 0.25) is 5.91 Å². The largest absolute Gasteiger partial charge is 0.423 e. The van der Waals surface area contributed by atoms with Gasteiger partial charge in [0.15, 0.2) is 5.58 Å². The van der Waals surface area contributed by atoms with Crippen LogP contribution in [0.25, 0.3) is 22.2 Å². The van der Waals surface area contributed by atoms with E-state index in [0.29, 0.717) is 55.0 Å². The number of fused-ring (bicyclic) bond motifs is 1. The molecular formula is C28H26F2N4O3. The number of nitrogens with zero attached hydrogens (tertiary/aromatic N) is 3. The van der Waals surface area contributed by atoms with Gasteiger partial charge in [-0.1, -0.05) is 12.1 Å². The molecular weight excluding hydrogens is 478 g/mol. The van der Waals surface area contributed by atoms with E-state index in [1.807, 2.05) is 29.2 Å². The van der Waals surface area contributed by atoms with Gasteiger partial charge < -0.3 is 19.4 Å². The van der Waals surface area contributed by atoms with Crippen molar-refractivity contribution in [1.29, 1.82) is 0 Å². The maximum Gasteiger partial charge on any atom is 0.300 e. The third kappa shape index (κ3) is 4.80. The monoisotopic (exact) mass is 504 g/mol. The van der Waals surface area contributed by atoms with E-state index in [0.717, 1.165) is 24.3 Å². The van der Waals surface area contributed by atoms with Crippen LogP contribution in [0.3, 0.4) is 0 Å². The lowest BCUT2D eigenvalue weighted by Gasteiger charge is -2.26. The molecule has 0 saturated carbocycles. The van der Waals surface area contributed by atoms with Crippen molar-refractivity contribution >= 4 is 34.4 Å². The first-order chi connectivity index (χ1) is 18.0. The number of rotatable bonds is 6. The van der Waals surface area contributed by atoms with Crippen LogP contribution in [0.5, 0.6) is 0 Å². The van der Waals surface area contributed by atoms with Crippen LogP contribution in [0.15, 0.2) is 59.0 Å². The molecule has 7 nitrogen and oxygen atoms in total. The number of hydrogen-bond donors (Lipinski definition) is 1. The first kappa shape index (κ1) is 23.6. The Kier molecular flexibility index (Phi) is 6.31. The number of nitrogens with one attached hydrogen (secondary N) is 1. The number of ether oxygens (including phenoxy) is 1. The summed E-state index contributed by atoms with van der Waals surface area (Å²) >= 11 is 0. The summed E-state index contributed by atoms with van der Waals surface area (Å²) in [6.45, 7) is 3.35. The zero-order valence-electron chi connectivity index (χ0n) is 20.2. The molecule has 0 unspecified atom stereocenters. The number of oxazole rings is 1. The highest BCUT2D eigenvalue weighted by Crippen LogP contribution is 2.34. The van der Waals surface area contributed by atoms with Gasteiger partial charge in [-0.2, -0.15) is 4.98 Å². The number of hydrogen-bond acceptors (Lipinski definition) is 6. The first-order valence-corrected chi connectivity index (χ1v) is 12.4. The van der Waals surface area contributed by atoms with Gasteiger partial charge in [0.25, 0.3) is 6.01 Å². The number of aromatic nitrogens is 1. The molecule has 0 radical (unpaired) electrons. The molecule has 6 rings (SSSR count). The fourth-order valence-electron chi connectivity index (χ4n) is 4.89. The van der Waals surface area contributed by atoms with Gasteiger partial charge in [0, 0.05) is 55.1 Å². The predicted octanol–water partition coefficient (Wildman–Crippen LogP) is 5.48. The molecule has 1 N–H and O–H groups in total. The minimum absolute atomic E-state index is 0.0526. The van der Waals surface area contributed by atoms with Crippen LogP contribution in [-0.4, -0.2) is 48.6 Å². The Morgan fingerprint density at radius 3 is 2.43 bits per heavy atom. The number of para-hydroxylation sites is 1. The average Bonchev–Trinajstić information content (AvgIpc) is 3.52. The summed E-state index contributed by atoms with van der Waals surface area (Å²) in [5, 5.41) is 3.13. The van der Waals surface area contributed by atoms with Gasteiger partial charge in [-0.25, -0.2) is 8.78 Å². The van der Waals surface area contributed by atoms with Crippen molar-refractivity contribution in [3.8, 4) is 11.1 Å². The Morgan fingerprint density at radius 1 is 0.973 bits per heavy atom. The van der Waals surface area contributed by atoms with E-state index in [2.05, 4.69) is 10.3 Å². The lowest BCUT2D eigenvalue weighted by Crippen LogP contribution is -2.36. The third-order valence-corrected chi connectivity index (χ3v) is 6.86. The molecule has 0 bridgehead atoms. The molecule has 3 aromatic carbocycles. The highest BCUT2D eigenvalue weighted by atomic mass is 19.1. The summed E-state index contributed by atoms with van der Waals surface area (Å²) in [4.78, 5) is 20.2. The lowest BCUT2D eigenvalue weighted by molar-refractivity contribution is -0.117. The molecule has 2 saturated heterocycles. The van der Waals surface area contributed by atoms with Crippen molar-refractivity contribution in [1.82, 2.24) is 9.88 Å². The number of carbonyl (C=O) groups is 1. The number of benzene rings is 3. The summed E-state index contributed by atoms with van der Waals surface area (Å²) in [5.74, 6) is -1.05. The quantitative estimate of drug-likeness (QED) is 0.375. The van der Waals surface area contributed by atoms with E-state index in [1.54, 1.807) is 23.1 Å². The van der Waals surface area contributed by atoms with Gasteiger partial charge in [-0.3, -0.25) is 9.69 Å². The van der Waals surface area contributed by atoms with Crippen LogP contribution in [0.1, 0.15) is 18.4 Å². The van der Waals surface area contributed by atoms with E-state index >= 15 is 8.78 Å². The minimum atomic E-state index is -0.590. The minimum Gasteiger partial charge on any atom is -0.423 e. The van der Waals surface area contributed by atoms with Crippen molar-refractivity contribution < 1.29 is 22.7 Å². The average molecular weight is 505 g/mol. The molecule has 0 atom stereocenters. The van der Waals surface area contributed by atoms with E-state index in [9.17, 15) is 4.79 Å². The van der Waals surface area contributed by atoms with Crippen molar-refractivity contribution in [3.05, 3.63) is 71.8 Å². The number of morpholine rings is 1. The highest BCUT2D eigenvalue weighted by Gasteiger charge is 2.22. The van der Waals surface area contributed by atoms with E-state index in [-0.39, 0.29) is 24.0 Å². The molecule has 9 heteroatoms. The van der Waals surface area contributed by atoms with Crippen LogP contribution < -0.4 is 10.2 Å². The topological polar surface area (TPSA) is 70.8 Å². The Bertz CT molecular complexity index is 1420. The fraction of sp³-hybridized carbons (Fsp3) is 0.286. The highest BCUT2D eigenvalue weighted by molar-refractivity contribution is 5.95. The van der Waals surface area contributed by atoms with E-state index in [1.165, 1.54) is 12.1 Å². The van der Waals surface area contributed by atoms with Crippen molar-refractivity contribution in [2.45, 2.75) is 19.4 Å². The number of amides is 1. The van der Waals surface area contributed by atoms with E-state index in [4.69, 9.17) is 9.15 Å². The van der Waals surface area contributed by atoms with Gasteiger partial charge in [-0.05, 0) is 54.4 Å².